The highest BCUT2D eigenvalue weighted by Gasteiger charge is 2.43. The predicted molar refractivity (Wildman–Crippen MR) is 81.5 cm³/mol. The van der Waals surface area contributed by atoms with Crippen molar-refractivity contribution in [1.29, 1.82) is 0 Å². The molecule has 7 atom stereocenters. The number of carbonyl (C=O) groups is 2. The maximum Gasteiger partial charge on any atom is 0.335 e. The van der Waals surface area contributed by atoms with Gasteiger partial charge in [-0.25, -0.2) is 4.79 Å². The first-order valence-electron chi connectivity index (χ1n) is 8.06. The van der Waals surface area contributed by atoms with Gasteiger partial charge in [0.15, 0.2) is 11.9 Å². The van der Waals surface area contributed by atoms with Gasteiger partial charge in [0.25, 0.3) is 0 Å². The molecule has 1 saturated carbocycles. The molecule has 134 valence electrons. The molecule has 3 unspecified atom stereocenters. The minimum absolute atomic E-state index is 0.0714. The lowest BCUT2D eigenvalue weighted by Gasteiger charge is -2.38. The minimum Gasteiger partial charge on any atom is -0.479 e. The lowest BCUT2D eigenvalue weighted by atomic mass is 9.67. The summed E-state index contributed by atoms with van der Waals surface area (Å²) in [5.74, 6) is -2.16. The maximum atomic E-state index is 12.5. The van der Waals surface area contributed by atoms with E-state index >= 15 is 0 Å². The molecule has 23 heavy (non-hydrogen) atoms. The van der Waals surface area contributed by atoms with Gasteiger partial charge in [0.05, 0.1) is 0 Å². The van der Waals surface area contributed by atoms with Crippen LogP contribution in [0.2, 0.25) is 0 Å². The molecule has 1 aliphatic rings. The number of carboxylic acids is 1. The van der Waals surface area contributed by atoms with Crippen LogP contribution in [0, 0.1) is 23.7 Å². The van der Waals surface area contributed by atoms with Crippen molar-refractivity contribution in [3.63, 3.8) is 0 Å². The summed E-state index contributed by atoms with van der Waals surface area (Å²) in [6.45, 7) is 6.00. The number of carboxylic acid groups (broad SMARTS) is 1. The van der Waals surface area contributed by atoms with Gasteiger partial charge < -0.3 is 25.5 Å². The van der Waals surface area contributed by atoms with Crippen molar-refractivity contribution in [3.8, 4) is 0 Å². The Morgan fingerprint density at radius 1 is 0.957 bits per heavy atom. The molecule has 7 nitrogen and oxygen atoms in total. The van der Waals surface area contributed by atoms with Crippen LogP contribution < -0.4 is 0 Å². The van der Waals surface area contributed by atoms with E-state index in [-0.39, 0.29) is 11.8 Å². The van der Waals surface area contributed by atoms with Crippen LogP contribution in [0.5, 0.6) is 0 Å². The molecule has 0 amide bonds. The van der Waals surface area contributed by atoms with Crippen LogP contribution in [0.25, 0.3) is 0 Å². The van der Waals surface area contributed by atoms with E-state index in [1.807, 2.05) is 20.8 Å². The van der Waals surface area contributed by atoms with E-state index in [2.05, 4.69) is 0 Å². The first kappa shape index (κ1) is 20.0. The fourth-order valence-electron chi connectivity index (χ4n) is 3.44. The maximum absolute atomic E-state index is 12.5. The summed E-state index contributed by atoms with van der Waals surface area (Å²) in [7, 11) is 0. The van der Waals surface area contributed by atoms with Gasteiger partial charge in [-0.05, 0) is 30.6 Å². The Morgan fingerprint density at radius 3 is 1.96 bits per heavy atom. The number of aliphatic hydroxyl groups excluding tert-OH is 4. The van der Waals surface area contributed by atoms with Crippen molar-refractivity contribution >= 4 is 11.8 Å². The van der Waals surface area contributed by atoms with Gasteiger partial charge in [-0.2, -0.15) is 0 Å². The minimum atomic E-state index is -2.27. The van der Waals surface area contributed by atoms with Crippen molar-refractivity contribution in [2.45, 2.75) is 64.4 Å². The van der Waals surface area contributed by atoms with Crippen molar-refractivity contribution in [3.05, 3.63) is 0 Å². The molecule has 0 saturated heterocycles. The fourth-order valence-corrected chi connectivity index (χ4v) is 3.44. The van der Waals surface area contributed by atoms with Gasteiger partial charge in [-0.1, -0.05) is 27.2 Å². The summed E-state index contributed by atoms with van der Waals surface area (Å²) in [4.78, 5) is 23.2. The Labute approximate surface area is 136 Å². The Morgan fingerprint density at radius 2 is 1.48 bits per heavy atom. The molecule has 0 radical (unpaired) electrons. The van der Waals surface area contributed by atoms with E-state index in [4.69, 9.17) is 5.11 Å². The van der Waals surface area contributed by atoms with E-state index in [0.29, 0.717) is 12.3 Å². The van der Waals surface area contributed by atoms with Gasteiger partial charge in [0.1, 0.15) is 18.3 Å². The Hall–Kier alpha value is -1.02. The number of rotatable bonds is 7. The largest absolute Gasteiger partial charge is 0.479 e. The van der Waals surface area contributed by atoms with Crippen molar-refractivity contribution < 1.29 is 35.1 Å². The van der Waals surface area contributed by atoms with E-state index in [1.165, 1.54) is 0 Å². The van der Waals surface area contributed by atoms with Gasteiger partial charge in [-0.3, -0.25) is 4.79 Å². The highest BCUT2D eigenvalue weighted by Crippen LogP contribution is 2.39. The number of hydrogen-bond donors (Lipinski definition) is 5. The topological polar surface area (TPSA) is 135 Å². The number of aliphatic carboxylic acids is 1. The number of Topliss-reactive ketones (excluding diaryl/α,β-unsaturated/α-hetero) is 1. The summed E-state index contributed by atoms with van der Waals surface area (Å²) in [5.41, 5.74) is 0. The smallest absolute Gasteiger partial charge is 0.335 e. The summed E-state index contributed by atoms with van der Waals surface area (Å²) < 4.78 is 0. The Balaban J connectivity index is 2.86. The van der Waals surface area contributed by atoms with Crippen LogP contribution in [0.3, 0.4) is 0 Å². The molecular weight excluding hydrogens is 304 g/mol. The molecule has 0 aromatic carbocycles. The zero-order valence-electron chi connectivity index (χ0n) is 13.8. The second-order valence-corrected chi connectivity index (χ2v) is 7.04. The van der Waals surface area contributed by atoms with E-state index in [0.717, 1.165) is 12.8 Å². The molecule has 0 aliphatic heterocycles. The third kappa shape index (κ3) is 4.73. The summed E-state index contributed by atoms with van der Waals surface area (Å²) in [6, 6.07) is 0. The lowest BCUT2D eigenvalue weighted by Crippen LogP contribution is -2.52. The predicted octanol–water partition coefficient (Wildman–Crippen LogP) is -0.208. The summed E-state index contributed by atoms with van der Waals surface area (Å²) in [6.07, 6.45) is -5.94. The normalized spacial score (nSPS) is 30.5. The summed E-state index contributed by atoms with van der Waals surface area (Å²) >= 11 is 0. The molecule has 0 bridgehead atoms. The van der Waals surface area contributed by atoms with Crippen LogP contribution in [0.15, 0.2) is 0 Å². The van der Waals surface area contributed by atoms with E-state index < -0.39 is 42.1 Å². The van der Waals surface area contributed by atoms with Crippen LogP contribution in [0.4, 0.5) is 0 Å². The molecule has 0 heterocycles. The number of carbonyl (C=O) groups excluding carboxylic acids is 1. The number of hydrogen-bond acceptors (Lipinski definition) is 6. The van der Waals surface area contributed by atoms with E-state index in [9.17, 15) is 30.0 Å². The average molecular weight is 332 g/mol. The molecule has 1 aliphatic carbocycles. The van der Waals surface area contributed by atoms with Crippen LogP contribution >= 0.6 is 0 Å². The standard InChI is InChI=1S/C16H28O7/c1-7(2)9-5-4-8(3)6-10(9)11(17)12(18)13(19)14(20)15(21)16(22)23/h7-10,12-15,18-21H,4-6H2,1-3H3,(H,22,23)/t8?,9?,10?,12-,13+,14-,15-/m0/s1. The van der Waals surface area contributed by atoms with Crippen molar-refractivity contribution in [2.75, 3.05) is 0 Å². The average Bonchev–Trinajstić information content (AvgIpc) is 2.50. The zero-order chi connectivity index (χ0) is 17.9. The third-order valence-electron chi connectivity index (χ3n) is 4.93. The SMILES string of the molecule is CC1CCC(C(C)C)C(C(=O)[C@H](O)[C@@H](O)[C@H](O)[C@H](O)C(=O)O)C1. The fraction of sp³-hybridized carbons (Fsp3) is 0.875. The molecule has 0 aromatic heterocycles. The van der Waals surface area contributed by atoms with Crippen molar-refractivity contribution in [2.24, 2.45) is 23.7 Å². The molecule has 7 heteroatoms. The van der Waals surface area contributed by atoms with Gasteiger partial charge >= 0.3 is 5.97 Å². The molecule has 0 aromatic rings. The molecule has 1 rings (SSSR count). The van der Waals surface area contributed by atoms with Gasteiger partial charge in [0.2, 0.25) is 0 Å². The molecular formula is C16H28O7. The van der Waals surface area contributed by atoms with Gasteiger partial charge in [-0.15, -0.1) is 0 Å². The second-order valence-electron chi connectivity index (χ2n) is 7.04. The first-order valence-corrected chi connectivity index (χ1v) is 8.06. The van der Waals surface area contributed by atoms with Crippen LogP contribution in [0.1, 0.15) is 40.0 Å². The Bertz CT molecular complexity index is 423. The van der Waals surface area contributed by atoms with Crippen LogP contribution in [-0.4, -0.2) is 61.7 Å². The van der Waals surface area contributed by atoms with Crippen LogP contribution in [-0.2, 0) is 9.59 Å². The van der Waals surface area contributed by atoms with Crippen molar-refractivity contribution in [1.82, 2.24) is 0 Å². The zero-order valence-corrected chi connectivity index (χ0v) is 13.8. The highest BCUT2D eigenvalue weighted by molar-refractivity contribution is 5.86. The molecule has 0 spiro atoms. The quantitative estimate of drug-likeness (QED) is 0.435. The number of ketones is 1. The van der Waals surface area contributed by atoms with Gasteiger partial charge in [0, 0.05) is 5.92 Å². The summed E-state index contributed by atoms with van der Waals surface area (Å²) in [5, 5.41) is 47.4. The third-order valence-corrected chi connectivity index (χ3v) is 4.93. The molecule has 1 fully saturated rings. The first-order chi connectivity index (χ1) is 10.6. The highest BCUT2D eigenvalue weighted by atomic mass is 16.4. The second kappa shape index (κ2) is 8.19. The lowest BCUT2D eigenvalue weighted by molar-refractivity contribution is -0.168. The van der Waals surface area contributed by atoms with E-state index in [1.54, 1.807) is 0 Å². The Kier molecular flexibility index (Phi) is 7.13. The molecule has 5 N–H and O–H groups in total. The number of aliphatic hydroxyl groups is 4. The monoisotopic (exact) mass is 332 g/mol.